The lowest BCUT2D eigenvalue weighted by atomic mass is 10.1. The van der Waals surface area contributed by atoms with E-state index in [1.807, 2.05) is 57.2 Å². The second-order valence-electron chi connectivity index (χ2n) is 5.79. The van der Waals surface area contributed by atoms with Gasteiger partial charge in [0.2, 0.25) is 0 Å². The van der Waals surface area contributed by atoms with E-state index in [1.54, 1.807) is 4.68 Å². The van der Waals surface area contributed by atoms with Crippen LogP contribution in [0.5, 0.6) is 0 Å². The minimum atomic E-state index is 0.370. The molecule has 4 nitrogen and oxygen atoms in total. The normalized spacial score (nSPS) is 10.5. The van der Waals surface area contributed by atoms with E-state index in [1.165, 1.54) is 5.56 Å². The summed E-state index contributed by atoms with van der Waals surface area (Å²) < 4.78 is 1.66. The molecule has 0 bridgehead atoms. The molecule has 0 saturated heterocycles. The predicted octanol–water partition coefficient (Wildman–Crippen LogP) is 3.92. The van der Waals surface area contributed by atoms with Crippen LogP contribution >= 0.6 is 0 Å². The summed E-state index contributed by atoms with van der Waals surface area (Å²) >= 11 is 0. The first-order valence-corrected chi connectivity index (χ1v) is 7.44. The van der Waals surface area contributed by atoms with Gasteiger partial charge in [-0.15, -0.1) is 0 Å². The highest BCUT2D eigenvalue weighted by Crippen LogP contribution is 2.29. The SMILES string of the molecule is Cc1ccc(-c2nn(-c3ccc(C)cc3C)c(N)c2C#N)cc1. The molecule has 0 aliphatic carbocycles. The Balaban J connectivity index is 2.21. The Morgan fingerprint density at radius 1 is 1.00 bits per heavy atom. The van der Waals surface area contributed by atoms with Gasteiger partial charge in [0.1, 0.15) is 23.1 Å². The predicted molar refractivity (Wildman–Crippen MR) is 92.3 cm³/mol. The van der Waals surface area contributed by atoms with Crippen molar-refractivity contribution in [2.24, 2.45) is 0 Å². The monoisotopic (exact) mass is 302 g/mol. The molecule has 114 valence electrons. The summed E-state index contributed by atoms with van der Waals surface area (Å²) in [6.07, 6.45) is 0. The van der Waals surface area contributed by atoms with Gasteiger partial charge in [0, 0.05) is 5.56 Å². The van der Waals surface area contributed by atoms with E-state index in [2.05, 4.69) is 17.2 Å². The molecule has 0 atom stereocenters. The highest BCUT2D eigenvalue weighted by molar-refractivity contribution is 5.74. The van der Waals surface area contributed by atoms with Crippen molar-refractivity contribution in [1.29, 1.82) is 5.26 Å². The van der Waals surface area contributed by atoms with Crippen LogP contribution in [-0.4, -0.2) is 9.78 Å². The minimum absolute atomic E-state index is 0.370. The number of nitrogens with zero attached hydrogens (tertiary/aromatic N) is 3. The highest BCUT2D eigenvalue weighted by atomic mass is 15.3. The number of aryl methyl sites for hydroxylation is 3. The third kappa shape index (κ3) is 2.58. The Morgan fingerprint density at radius 2 is 1.65 bits per heavy atom. The quantitative estimate of drug-likeness (QED) is 0.780. The second-order valence-corrected chi connectivity index (χ2v) is 5.79. The Bertz CT molecular complexity index is 912. The van der Waals surface area contributed by atoms with Crippen molar-refractivity contribution in [1.82, 2.24) is 9.78 Å². The zero-order valence-corrected chi connectivity index (χ0v) is 13.5. The summed E-state index contributed by atoms with van der Waals surface area (Å²) in [6, 6.07) is 16.2. The smallest absolute Gasteiger partial charge is 0.145 e. The summed E-state index contributed by atoms with van der Waals surface area (Å²) in [4.78, 5) is 0. The molecule has 4 heteroatoms. The number of anilines is 1. The van der Waals surface area contributed by atoms with Crippen LogP contribution in [0.3, 0.4) is 0 Å². The lowest BCUT2D eigenvalue weighted by molar-refractivity contribution is 0.886. The van der Waals surface area contributed by atoms with E-state index in [4.69, 9.17) is 5.73 Å². The molecule has 2 N–H and O–H groups in total. The van der Waals surface area contributed by atoms with Crippen LogP contribution < -0.4 is 5.73 Å². The molecule has 0 unspecified atom stereocenters. The average Bonchev–Trinajstić information content (AvgIpc) is 2.85. The highest BCUT2D eigenvalue weighted by Gasteiger charge is 2.18. The Hall–Kier alpha value is -3.06. The number of hydrogen-bond donors (Lipinski definition) is 1. The number of nitrogen functional groups attached to an aromatic ring is 1. The van der Waals surface area contributed by atoms with E-state index >= 15 is 0 Å². The van der Waals surface area contributed by atoms with E-state index in [0.717, 1.165) is 22.4 Å². The Kier molecular flexibility index (Phi) is 3.63. The van der Waals surface area contributed by atoms with Crippen molar-refractivity contribution in [2.75, 3.05) is 5.73 Å². The van der Waals surface area contributed by atoms with Crippen molar-refractivity contribution in [3.63, 3.8) is 0 Å². The van der Waals surface area contributed by atoms with Crippen LogP contribution in [0, 0.1) is 32.1 Å². The number of nitrogens with two attached hydrogens (primary N) is 1. The van der Waals surface area contributed by atoms with Crippen molar-refractivity contribution >= 4 is 5.82 Å². The fourth-order valence-electron chi connectivity index (χ4n) is 2.68. The van der Waals surface area contributed by atoms with Gasteiger partial charge in [-0.3, -0.25) is 0 Å². The van der Waals surface area contributed by atoms with Crippen molar-refractivity contribution in [3.05, 3.63) is 64.7 Å². The molecule has 0 aliphatic rings. The molecule has 23 heavy (non-hydrogen) atoms. The topological polar surface area (TPSA) is 67.6 Å². The van der Waals surface area contributed by atoms with E-state index in [0.29, 0.717) is 17.1 Å². The fourth-order valence-corrected chi connectivity index (χ4v) is 2.68. The molecule has 0 spiro atoms. The molecular weight excluding hydrogens is 284 g/mol. The first kappa shape index (κ1) is 14.9. The van der Waals surface area contributed by atoms with Crippen LogP contribution in [0.1, 0.15) is 22.3 Å². The van der Waals surface area contributed by atoms with Gasteiger partial charge in [0.05, 0.1) is 5.69 Å². The maximum absolute atomic E-state index is 9.51. The molecular formula is C19H18N4. The molecule has 1 aromatic heterocycles. The molecule has 0 amide bonds. The molecule has 0 radical (unpaired) electrons. The standard InChI is InChI=1S/C19H18N4/c1-12-4-7-15(8-5-12)18-16(11-20)19(21)23(22-18)17-9-6-13(2)10-14(17)3/h4-10H,21H2,1-3H3. The van der Waals surface area contributed by atoms with Crippen molar-refractivity contribution in [2.45, 2.75) is 20.8 Å². The van der Waals surface area contributed by atoms with Gasteiger partial charge in [-0.25, -0.2) is 4.68 Å². The minimum Gasteiger partial charge on any atom is -0.382 e. The van der Waals surface area contributed by atoms with Gasteiger partial charge in [-0.2, -0.15) is 10.4 Å². The van der Waals surface area contributed by atoms with E-state index in [9.17, 15) is 5.26 Å². The van der Waals surface area contributed by atoms with Crippen LogP contribution in [0.2, 0.25) is 0 Å². The molecule has 0 saturated carbocycles. The summed E-state index contributed by atoms with van der Waals surface area (Å²) in [5.41, 5.74) is 12.4. The first-order valence-electron chi connectivity index (χ1n) is 7.44. The number of aromatic nitrogens is 2. The number of hydrogen-bond acceptors (Lipinski definition) is 3. The maximum Gasteiger partial charge on any atom is 0.145 e. The third-order valence-corrected chi connectivity index (χ3v) is 3.94. The van der Waals surface area contributed by atoms with Crippen molar-refractivity contribution in [3.8, 4) is 23.0 Å². The number of rotatable bonds is 2. The van der Waals surface area contributed by atoms with Crippen LogP contribution in [-0.2, 0) is 0 Å². The first-order chi connectivity index (χ1) is 11.0. The Labute approximate surface area is 135 Å². The van der Waals surface area contributed by atoms with Gasteiger partial charge < -0.3 is 5.73 Å². The molecule has 2 aromatic carbocycles. The third-order valence-electron chi connectivity index (χ3n) is 3.94. The van der Waals surface area contributed by atoms with Gasteiger partial charge >= 0.3 is 0 Å². The fraction of sp³-hybridized carbons (Fsp3) is 0.158. The molecule has 0 fully saturated rings. The lowest BCUT2D eigenvalue weighted by Crippen LogP contribution is -2.04. The average molecular weight is 302 g/mol. The second kappa shape index (κ2) is 5.62. The summed E-state index contributed by atoms with van der Waals surface area (Å²) in [5.74, 6) is 0.370. The van der Waals surface area contributed by atoms with Gasteiger partial charge in [-0.1, -0.05) is 47.5 Å². The van der Waals surface area contributed by atoms with Crippen LogP contribution in [0.4, 0.5) is 5.82 Å². The molecule has 1 heterocycles. The van der Waals surface area contributed by atoms with E-state index < -0.39 is 0 Å². The van der Waals surface area contributed by atoms with Crippen LogP contribution in [0.25, 0.3) is 16.9 Å². The largest absolute Gasteiger partial charge is 0.382 e. The van der Waals surface area contributed by atoms with Gasteiger partial charge in [0.25, 0.3) is 0 Å². The summed E-state index contributed by atoms with van der Waals surface area (Å²) in [6.45, 7) is 6.08. The Morgan fingerprint density at radius 3 is 2.26 bits per heavy atom. The summed E-state index contributed by atoms with van der Waals surface area (Å²) in [7, 11) is 0. The van der Waals surface area contributed by atoms with E-state index in [-0.39, 0.29) is 0 Å². The number of benzene rings is 2. The van der Waals surface area contributed by atoms with Gasteiger partial charge in [-0.05, 0) is 32.4 Å². The molecule has 3 rings (SSSR count). The lowest BCUT2D eigenvalue weighted by Gasteiger charge is -2.08. The number of nitriles is 1. The van der Waals surface area contributed by atoms with Gasteiger partial charge in [0.15, 0.2) is 0 Å². The van der Waals surface area contributed by atoms with Crippen molar-refractivity contribution < 1.29 is 0 Å². The molecule has 0 aliphatic heterocycles. The van der Waals surface area contributed by atoms with Crippen LogP contribution in [0.15, 0.2) is 42.5 Å². The summed E-state index contributed by atoms with van der Waals surface area (Å²) in [5, 5.41) is 14.1. The zero-order valence-electron chi connectivity index (χ0n) is 13.5. The zero-order chi connectivity index (χ0) is 16.6. The maximum atomic E-state index is 9.51. The molecule has 3 aromatic rings.